The minimum absolute atomic E-state index is 0.126. The number of hydrogen-bond donors (Lipinski definition) is 1. The maximum atomic E-state index is 13.4. The van der Waals surface area contributed by atoms with Crippen molar-refractivity contribution in [2.75, 3.05) is 24.2 Å². The summed E-state index contributed by atoms with van der Waals surface area (Å²) < 4.78 is 52.5. The smallest absolute Gasteiger partial charge is 0.224 e. The number of aromatic nitrogens is 1. The van der Waals surface area contributed by atoms with Gasteiger partial charge in [0.15, 0.2) is 0 Å². The van der Waals surface area contributed by atoms with Crippen LogP contribution in [0, 0.1) is 17.6 Å². The molecule has 162 valence electrons. The van der Waals surface area contributed by atoms with Gasteiger partial charge in [0, 0.05) is 31.1 Å². The summed E-state index contributed by atoms with van der Waals surface area (Å²) >= 11 is 0. The van der Waals surface area contributed by atoms with E-state index in [0.717, 1.165) is 6.07 Å². The molecule has 1 aromatic carbocycles. The lowest BCUT2D eigenvalue weighted by atomic mass is 9.94. The van der Waals surface area contributed by atoms with Crippen molar-refractivity contribution in [3.63, 3.8) is 0 Å². The highest BCUT2D eigenvalue weighted by Gasteiger charge is 2.28. The number of anilines is 1. The van der Waals surface area contributed by atoms with Crippen LogP contribution in [0.25, 0.3) is 11.3 Å². The second-order valence-corrected chi connectivity index (χ2v) is 9.59. The van der Waals surface area contributed by atoms with E-state index in [1.807, 2.05) is 6.92 Å². The number of benzene rings is 1. The fourth-order valence-corrected chi connectivity index (χ4v) is 5.13. The molecule has 1 N–H and O–H groups in total. The molecule has 0 spiro atoms. The largest absolute Gasteiger partial charge is 0.325 e. The first-order valence-corrected chi connectivity index (χ1v) is 11.6. The summed E-state index contributed by atoms with van der Waals surface area (Å²) in [5.41, 5.74) is 1.20. The lowest BCUT2D eigenvalue weighted by Crippen LogP contribution is -2.40. The molecule has 9 heteroatoms. The topological polar surface area (TPSA) is 79.4 Å². The summed E-state index contributed by atoms with van der Waals surface area (Å²) in [6.07, 6.45) is 3.64. The Morgan fingerprint density at radius 1 is 1.17 bits per heavy atom. The molecule has 2 heterocycles. The number of piperidine rings is 1. The van der Waals surface area contributed by atoms with E-state index in [-0.39, 0.29) is 17.6 Å². The summed E-state index contributed by atoms with van der Waals surface area (Å²) in [6, 6.07) is 6.39. The second-order valence-electron chi connectivity index (χ2n) is 7.50. The van der Waals surface area contributed by atoms with Crippen LogP contribution in [0.4, 0.5) is 14.5 Å². The van der Waals surface area contributed by atoms with Gasteiger partial charge >= 0.3 is 0 Å². The molecule has 1 amide bonds. The van der Waals surface area contributed by atoms with Crippen LogP contribution in [0.3, 0.4) is 0 Å². The zero-order chi connectivity index (χ0) is 21.7. The molecule has 2 aromatic rings. The van der Waals surface area contributed by atoms with Crippen LogP contribution in [0.15, 0.2) is 36.5 Å². The van der Waals surface area contributed by atoms with Crippen LogP contribution in [0.1, 0.15) is 32.6 Å². The monoisotopic (exact) mass is 437 g/mol. The number of nitrogens with zero attached hydrogens (tertiary/aromatic N) is 2. The van der Waals surface area contributed by atoms with Gasteiger partial charge in [-0.05, 0) is 49.4 Å². The van der Waals surface area contributed by atoms with Crippen molar-refractivity contribution in [2.24, 2.45) is 5.92 Å². The molecular formula is C21H25F2N3O3S. The van der Waals surface area contributed by atoms with Gasteiger partial charge in [-0.25, -0.2) is 21.5 Å². The summed E-state index contributed by atoms with van der Waals surface area (Å²) in [7, 11) is -3.19. The molecule has 3 rings (SSSR count). The summed E-state index contributed by atoms with van der Waals surface area (Å²) in [5, 5.41) is 2.77. The van der Waals surface area contributed by atoms with Gasteiger partial charge in [-0.2, -0.15) is 0 Å². The van der Waals surface area contributed by atoms with E-state index >= 15 is 0 Å². The Balaban J connectivity index is 1.52. The van der Waals surface area contributed by atoms with Gasteiger partial charge in [-0.3, -0.25) is 9.78 Å². The van der Waals surface area contributed by atoms with E-state index in [4.69, 9.17) is 0 Å². The van der Waals surface area contributed by atoms with E-state index < -0.39 is 21.7 Å². The van der Waals surface area contributed by atoms with E-state index in [2.05, 4.69) is 10.3 Å². The summed E-state index contributed by atoms with van der Waals surface area (Å²) in [4.78, 5) is 16.5. The molecular weight excluding hydrogens is 412 g/mol. The summed E-state index contributed by atoms with van der Waals surface area (Å²) in [6.45, 7) is 2.73. The number of nitrogens with one attached hydrogen (secondary N) is 1. The van der Waals surface area contributed by atoms with E-state index in [1.54, 1.807) is 12.1 Å². The third-order valence-corrected chi connectivity index (χ3v) is 7.18. The highest BCUT2D eigenvalue weighted by atomic mass is 32.2. The van der Waals surface area contributed by atoms with E-state index in [9.17, 15) is 22.0 Å². The predicted octanol–water partition coefficient (Wildman–Crippen LogP) is 3.81. The van der Waals surface area contributed by atoms with Crippen LogP contribution < -0.4 is 5.32 Å². The highest BCUT2D eigenvalue weighted by molar-refractivity contribution is 7.89. The second kappa shape index (κ2) is 9.61. The van der Waals surface area contributed by atoms with Crippen molar-refractivity contribution < 1.29 is 22.0 Å². The van der Waals surface area contributed by atoms with Crippen molar-refractivity contribution in [1.82, 2.24) is 9.29 Å². The van der Waals surface area contributed by atoms with E-state index in [0.29, 0.717) is 55.7 Å². The number of sulfonamides is 1. The molecule has 0 atom stereocenters. The maximum absolute atomic E-state index is 13.4. The fourth-order valence-electron chi connectivity index (χ4n) is 3.59. The molecule has 6 nitrogen and oxygen atoms in total. The third-order valence-electron chi connectivity index (χ3n) is 5.11. The SMILES string of the molecule is CCCS(=O)(=O)N1CCC(CC(=O)Nc2ccc(-c3cc(F)cc(F)c3)nc2)CC1. The van der Waals surface area contributed by atoms with Crippen molar-refractivity contribution in [2.45, 2.75) is 32.6 Å². The van der Waals surface area contributed by atoms with Gasteiger partial charge in [-0.1, -0.05) is 6.92 Å². The molecule has 1 saturated heterocycles. The van der Waals surface area contributed by atoms with Crippen LogP contribution >= 0.6 is 0 Å². The number of rotatable bonds is 7. The number of carbonyl (C=O) groups is 1. The molecule has 1 fully saturated rings. The quantitative estimate of drug-likeness (QED) is 0.715. The Morgan fingerprint density at radius 3 is 2.40 bits per heavy atom. The first-order valence-electron chi connectivity index (χ1n) is 9.97. The van der Waals surface area contributed by atoms with Crippen molar-refractivity contribution in [3.05, 3.63) is 48.2 Å². The Labute approximate surface area is 175 Å². The van der Waals surface area contributed by atoms with Crippen LogP contribution in [0.5, 0.6) is 0 Å². The molecule has 0 radical (unpaired) electrons. The lowest BCUT2D eigenvalue weighted by molar-refractivity contribution is -0.117. The average molecular weight is 438 g/mol. The van der Waals surface area contributed by atoms with E-state index in [1.165, 1.54) is 22.6 Å². The number of amides is 1. The standard InChI is InChI=1S/C21H25F2N3O3S/c1-2-9-30(28,29)26-7-5-15(6-8-26)10-21(27)25-19-3-4-20(24-14-19)16-11-17(22)13-18(23)12-16/h3-4,11-15H,2,5-10H2,1H3,(H,25,27). The molecule has 0 unspecified atom stereocenters. The van der Waals surface area contributed by atoms with Crippen molar-refractivity contribution >= 4 is 21.6 Å². The minimum atomic E-state index is -3.19. The van der Waals surface area contributed by atoms with Crippen molar-refractivity contribution in [1.29, 1.82) is 0 Å². The number of carbonyl (C=O) groups excluding carboxylic acids is 1. The van der Waals surface area contributed by atoms with Gasteiger partial charge in [-0.15, -0.1) is 0 Å². The first kappa shape index (κ1) is 22.3. The number of pyridine rings is 1. The van der Waals surface area contributed by atoms with Crippen LogP contribution in [-0.4, -0.2) is 42.5 Å². The molecule has 0 bridgehead atoms. The van der Waals surface area contributed by atoms with Gasteiger partial charge in [0.1, 0.15) is 11.6 Å². The first-order chi connectivity index (χ1) is 14.3. The molecule has 1 aliphatic heterocycles. The van der Waals surface area contributed by atoms with Gasteiger partial charge < -0.3 is 5.32 Å². The van der Waals surface area contributed by atoms with Gasteiger partial charge in [0.05, 0.1) is 23.3 Å². The van der Waals surface area contributed by atoms with Gasteiger partial charge in [0.25, 0.3) is 0 Å². The summed E-state index contributed by atoms with van der Waals surface area (Å²) in [5.74, 6) is -1.25. The Morgan fingerprint density at radius 2 is 1.83 bits per heavy atom. The minimum Gasteiger partial charge on any atom is -0.325 e. The van der Waals surface area contributed by atoms with Crippen LogP contribution in [-0.2, 0) is 14.8 Å². The zero-order valence-electron chi connectivity index (χ0n) is 16.8. The lowest BCUT2D eigenvalue weighted by Gasteiger charge is -2.30. The average Bonchev–Trinajstić information content (AvgIpc) is 2.68. The molecule has 1 aromatic heterocycles. The molecule has 30 heavy (non-hydrogen) atoms. The normalized spacial score (nSPS) is 15.8. The van der Waals surface area contributed by atoms with Crippen LogP contribution in [0.2, 0.25) is 0 Å². The maximum Gasteiger partial charge on any atom is 0.224 e. The molecule has 0 aliphatic carbocycles. The van der Waals surface area contributed by atoms with Crippen molar-refractivity contribution in [3.8, 4) is 11.3 Å². The third kappa shape index (κ3) is 5.82. The van der Waals surface area contributed by atoms with Gasteiger partial charge in [0.2, 0.25) is 15.9 Å². The molecule has 0 saturated carbocycles. The number of halogens is 2. The number of hydrogen-bond acceptors (Lipinski definition) is 4. The zero-order valence-corrected chi connectivity index (χ0v) is 17.6. The Kier molecular flexibility index (Phi) is 7.14. The Hall–Kier alpha value is -2.39. The Bertz CT molecular complexity index is 969. The molecule has 1 aliphatic rings. The predicted molar refractivity (Wildman–Crippen MR) is 111 cm³/mol. The highest BCUT2D eigenvalue weighted by Crippen LogP contribution is 2.24. The fraction of sp³-hybridized carbons (Fsp3) is 0.429.